The van der Waals surface area contributed by atoms with E-state index in [1.54, 1.807) is 0 Å². The van der Waals surface area contributed by atoms with Crippen LogP contribution >= 0.6 is 11.6 Å². The van der Waals surface area contributed by atoms with Gasteiger partial charge in [0.2, 0.25) is 5.82 Å². The summed E-state index contributed by atoms with van der Waals surface area (Å²) in [4.78, 5) is 0. The molecule has 1 aromatic heterocycles. The van der Waals surface area contributed by atoms with Gasteiger partial charge in [-0.3, -0.25) is 0 Å². The first-order valence-corrected chi connectivity index (χ1v) is 8.20. The Bertz CT molecular complexity index is 1170. The number of nitriles is 1. The summed E-state index contributed by atoms with van der Waals surface area (Å²) in [6.07, 6.45) is 1.45. The maximum absolute atomic E-state index is 14.6. The third kappa shape index (κ3) is 2.56. The highest BCUT2D eigenvalue weighted by atomic mass is 35.5. The molecule has 0 atom stereocenters. The number of hydrogen-bond acceptors (Lipinski definition) is 4. The first-order chi connectivity index (χ1) is 12.9. The van der Waals surface area contributed by atoms with Gasteiger partial charge in [0.15, 0.2) is 17.3 Å². The normalized spacial score (nSPS) is 13.0. The lowest BCUT2D eigenvalue weighted by molar-refractivity contribution is 0.406. The largest absolute Gasteiger partial charge is 0.508 e. The van der Waals surface area contributed by atoms with E-state index < -0.39 is 17.4 Å². The minimum absolute atomic E-state index is 0.0904. The number of benzene rings is 2. The number of fused-ring (bicyclic) bond motifs is 1. The molecule has 4 nitrogen and oxygen atoms in total. The van der Waals surface area contributed by atoms with Gasteiger partial charge in [-0.1, -0.05) is 11.6 Å². The van der Waals surface area contributed by atoms with E-state index in [9.17, 15) is 24.3 Å². The van der Waals surface area contributed by atoms with Crippen molar-refractivity contribution in [1.82, 2.24) is 0 Å². The number of halogens is 3. The summed E-state index contributed by atoms with van der Waals surface area (Å²) in [5.41, 5.74) is 1.84. The Morgan fingerprint density at radius 1 is 1.07 bits per heavy atom. The minimum atomic E-state index is -1.37. The highest BCUT2D eigenvalue weighted by molar-refractivity contribution is 6.32. The van der Waals surface area contributed by atoms with Crippen LogP contribution in [0.2, 0.25) is 5.02 Å². The van der Waals surface area contributed by atoms with Crippen LogP contribution in [0, 0.1) is 23.0 Å². The van der Waals surface area contributed by atoms with Crippen LogP contribution in [-0.4, -0.2) is 10.2 Å². The molecule has 1 heterocycles. The number of rotatable bonds is 2. The molecule has 2 aromatic carbocycles. The van der Waals surface area contributed by atoms with E-state index in [2.05, 4.69) is 0 Å². The topological polar surface area (TPSA) is 77.4 Å². The second-order valence-corrected chi connectivity index (χ2v) is 6.43. The van der Waals surface area contributed by atoms with Crippen molar-refractivity contribution in [3.05, 3.63) is 81.3 Å². The smallest absolute Gasteiger partial charge is 0.200 e. The van der Waals surface area contributed by atoms with Crippen LogP contribution in [0.1, 0.15) is 28.0 Å². The number of nitrogens with zero attached hydrogens (tertiary/aromatic N) is 1. The second kappa shape index (κ2) is 6.15. The molecule has 0 fully saturated rings. The molecule has 1 aliphatic rings. The molecule has 0 amide bonds. The monoisotopic (exact) mass is 385 g/mol. The van der Waals surface area contributed by atoms with E-state index in [4.69, 9.17) is 16.0 Å². The summed E-state index contributed by atoms with van der Waals surface area (Å²) < 4.78 is 34.0. The fourth-order valence-electron chi connectivity index (χ4n) is 3.31. The average Bonchev–Trinajstić information content (AvgIpc) is 3.23. The summed E-state index contributed by atoms with van der Waals surface area (Å²) in [6, 6.07) is 8.52. The molecule has 0 radical (unpaired) electrons. The predicted molar refractivity (Wildman–Crippen MR) is 94.2 cm³/mol. The number of hydrogen-bond donors (Lipinski definition) is 2. The zero-order valence-electron chi connectivity index (χ0n) is 13.6. The standard InChI is InChI=1S/C20H10ClF2NO3/c21-15-6-10(25)5-13-12(15)7-14(11-1-2-16(26)19(23)18(11)22)17(13)20-9(8-24)3-4-27-20/h1-6,25-26H,7H2. The molecule has 7 heteroatoms. The summed E-state index contributed by atoms with van der Waals surface area (Å²) in [5, 5.41) is 28.9. The Morgan fingerprint density at radius 3 is 2.59 bits per heavy atom. The maximum Gasteiger partial charge on any atom is 0.200 e. The van der Waals surface area contributed by atoms with Crippen LogP contribution < -0.4 is 0 Å². The molecular formula is C20H10ClF2NO3. The average molecular weight is 386 g/mol. The van der Waals surface area contributed by atoms with Crippen molar-refractivity contribution in [2.75, 3.05) is 0 Å². The zero-order chi connectivity index (χ0) is 19.3. The van der Waals surface area contributed by atoms with Gasteiger partial charge in [0.25, 0.3) is 0 Å². The van der Waals surface area contributed by atoms with Gasteiger partial charge >= 0.3 is 0 Å². The summed E-state index contributed by atoms with van der Waals surface area (Å²) in [5.74, 6) is -3.34. The maximum atomic E-state index is 14.6. The lowest BCUT2D eigenvalue weighted by Crippen LogP contribution is -1.97. The van der Waals surface area contributed by atoms with Gasteiger partial charge in [0.05, 0.1) is 11.8 Å². The Hall–Kier alpha value is -3.30. The van der Waals surface area contributed by atoms with Crippen molar-refractivity contribution in [1.29, 1.82) is 5.26 Å². The molecule has 0 aliphatic heterocycles. The molecule has 3 aromatic rings. The number of phenolic OH excluding ortho intramolecular Hbond substituents is 2. The third-order valence-electron chi connectivity index (χ3n) is 4.50. The van der Waals surface area contributed by atoms with Crippen LogP contribution in [0.5, 0.6) is 11.5 Å². The first kappa shape index (κ1) is 17.1. The van der Waals surface area contributed by atoms with E-state index in [0.717, 1.165) is 6.07 Å². The van der Waals surface area contributed by atoms with Gasteiger partial charge in [-0.15, -0.1) is 0 Å². The molecule has 0 unspecified atom stereocenters. The fourth-order valence-corrected chi connectivity index (χ4v) is 3.59. The predicted octanol–water partition coefficient (Wildman–Crippen LogP) is 5.01. The fraction of sp³-hybridized carbons (Fsp3) is 0.0500. The van der Waals surface area contributed by atoms with E-state index in [1.165, 1.54) is 30.5 Å². The molecule has 2 N–H and O–H groups in total. The number of aromatic hydroxyl groups is 2. The quantitative estimate of drug-likeness (QED) is 0.650. The first-order valence-electron chi connectivity index (χ1n) is 7.82. The molecule has 0 bridgehead atoms. The van der Waals surface area contributed by atoms with Crippen LogP contribution in [0.15, 0.2) is 41.0 Å². The van der Waals surface area contributed by atoms with Crippen molar-refractivity contribution in [3.8, 4) is 17.6 Å². The van der Waals surface area contributed by atoms with Crippen LogP contribution in [0.3, 0.4) is 0 Å². The lowest BCUT2D eigenvalue weighted by Gasteiger charge is -2.10. The summed E-state index contributed by atoms with van der Waals surface area (Å²) in [6.45, 7) is 0. The number of furan rings is 1. The van der Waals surface area contributed by atoms with Crippen molar-refractivity contribution in [3.63, 3.8) is 0 Å². The van der Waals surface area contributed by atoms with E-state index in [1.807, 2.05) is 6.07 Å². The lowest BCUT2D eigenvalue weighted by atomic mass is 9.96. The van der Waals surface area contributed by atoms with Gasteiger partial charge in [-0.05, 0) is 47.0 Å². The Balaban J connectivity index is 2.07. The summed E-state index contributed by atoms with van der Waals surface area (Å²) in [7, 11) is 0. The summed E-state index contributed by atoms with van der Waals surface area (Å²) >= 11 is 6.23. The van der Waals surface area contributed by atoms with Crippen LogP contribution in [0.4, 0.5) is 8.78 Å². The molecule has 4 rings (SSSR count). The molecular weight excluding hydrogens is 376 g/mol. The van der Waals surface area contributed by atoms with Crippen LogP contribution in [0.25, 0.3) is 11.1 Å². The van der Waals surface area contributed by atoms with E-state index in [-0.39, 0.29) is 34.1 Å². The van der Waals surface area contributed by atoms with E-state index in [0.29, 0.717) is 22.3 Å². The zero-order valence-corrected chi connectivity index (χ0v) is 14.3. The van der Waals surface area contributed by atoms with E-state index >= 15 is 0 Å². The number of allylic oxidation sites excluding steroid dienone is 1. The highest BCUT2D eigenvalue weighted by Crippen LogP contribution is 2.47. The van der Waals surface area contributed by atoms with Gasteiger partial charge in [0.1, 0.15) is 11.8 Å². The van der Waals surface area contributed by atoms with Crippen molar-refractivity contribution >= 4 is 22.7 Å². The molecule has 1 aliphatic carbocycles. The second-order valence-electron chi connectivity index (χ2n) is 6.02. The molecule has 0 saturated carbocycles. The molecule has 134 valence electrons. The van der Waals surface area contributed by atoms with Crippen LogP contribution in [-0.2, 0) is 6.42 Å². The molecule has 0 spiro atoms. The van der Waals surface area contributed by atoms with Gasteiger partial charge in [-0.2, -0.15) is 9.65 Å². The molecule has 0 saturated heterocycles. The third-order valence-corrected chi connectivity index (χ3v) is 4.84. The molecule has 27 heavy (non-hydrogen) atoms. The van der Waals surface area contributed by atoms with Gasteiger partial charge < -0.3 is 14.6 Å². The van der Waals surface area contributed by atoms with Crippen molar-refractivity contribution < 1.29 is 23.4 Å². The highest BCUT2D eigenvalue weighted by Gasteiger charge is 2.32. The number of phenols is 2. The minimum Gasteiger partial charge on any atom is -0.508 e. The Labute approximate surface area is 157 Å². The SMILES string of the molecule is N#Cc1ccoc1C1=C(c2ccc(O)c(F)c2F)Cc2c(Cl)cc(O)cc21. The Morgan fingerprint density at radius 2 is 1.85 bits per heavy atom. The van der Waals surface area contributed by atoms with Crippen molar-refractivity contribution in [2.24, 2.45) is 0 Å². The Kier molecular flexibility index (Phi) is 3.90. The van der Waals surface area contributed by atoms with Gasteiger partial charge in [-0.25, -0.2) is 4.39 Å². The van der Waals surface area contributed by atoms with Crippen molar-refractivity contribution in [2.45, 2.75) is 6.42 Å². The van der Waals surface area contributed by atoms with Gasteiger partial charge in [0, 0.05) is 22.6 Å².